The number of hydrogen-bond acceptors (Lipinski definition) is 7. The molecule has 2 aromatic rings. The number of nitrogens with one attached hydrogen (secondary N) is 1. The van der Waals surface area contributed by atoms with E-state index in [-0.39, 0.29) is 5.56 Å². The Kier molecular flexibility index (Phi) is 4.15. The Morgan fingerprint density at radius 3 is 3.00 bits per heavy atom. The molecule has 0 saturated heterocycles. The highest BCUT2D eigenvalue weighted by Gasteiger charge is 2.23. The molecule has 0 radical (unpaired) electrons. The maximum absolute atomic E-state index is 12.5. The van der Waals surface area contributed by atoms with Gasteiger partial charge in [0.1, 0.15) is 0 Å². The Morgan fingerprint density at radius 2 is 2.25 bits per heavy atom. The van der Waals surface area contributed by atoms with Crippen molar-refractivity contribution in [3.05, 3.63) is 38.5 Å². The number of rotatable bonds is 3. The molecule has 0 bridgehead atoms. The molecule has 0 spiro atoms. The molecule has 0 unspecified atom stereocenters. The molecule has 0 saturated carbocycles. The second-order valence-corrected chi connectivity index (χ2v) is 7.40. The van der Waals surface area contributed by atoms with E-state index in [2.05, 4.69) is 19.9 Å². The molecule has 8 heteroatoms. The second kappa shape index (κ2) is 6.45. The lowest BCUT2D eigenvalue weighted by Gasteiger charge is -2.27. The highest BCUT2D eigenvalue weighted by molar-refractivity contribution is 7.15. The molecule has 126 valence electrons. The first kappa shape index (κ1) is 15.5. The Labute approximate surface area is 143 Å². The first-order chi connectivity index (χ1) is 11.7. The van der Waals surface area contributed by atoms with Gasteiger partial charge in [0.05, 0.1) is 17.0 Å². The standard InChI is InChI=1S/C16H20N6OS/c17-16-19-7-10(24-16)8-22-6-4-12-11(9-22)15(23)21-14(20-12)13-3-1-2-5-18-13/h7H,1-6,8-9H2,(H2,17,19)(H,20,21,23). The van der Waals surface area contributed by atoms with Crippen molar-refractivity contribution < 1.29 is 0 Å². The number of nitrogen functional groups attached to an aromatic ring is 1. The van der Waals surface area contributed by atoms with Crippen LogP contribution in [0.15, 0.2) is 16.0 Å². The van der Waals surface area contributed by atoms with Crippen LogP contribution in [-0.2, 0) is 19.5 Å². The van der Waals surface area contributed by atoms with Crippen LogP contribution in [0.3, 0.4) is 0 Å². The van der Waals surface area contributed by atoms with Crippen LogP contribution in [0.25, 0.3) is 0 Å². The third kappa shape index (κ3) is 3.11. The maximum atomic E-state index is 12.5. The lowest BCUT2D eigenvalue weighted by Crippen LogP contribution is -2.36. The van der Waals surface area contributed by atoms with Crippen molar-refractivity contribution in [2.75, 3.05) is 18.8 Å². The zero-order valence-corrected chi connectivity index (χ0v) is 14.2. The average molecular weight is 344 g/mol. The molecule has 3 N–H and O–H groups in total. The van der Waals surface area contributed by atoms with Gasteiger partial charge >= 0.3 is 0 Å². The van der Waals surface area contributed by atoms with Gasteiger partial charge in [-0.2, -0.15) is 0 Å². The maximum Gasteiger partial charge on any atom is 0.255 e. The summed E-state index contributed by atoms with van der Waals surface area (Å²) in [5, 5.41) is 0.583. The number of nitrogens with two attached hydrogens (primary N) is 1. The molecule has 4 heterocycles. The molecule has 0 aliphatic carbocycles. The number of H-pyrrole nitrogens is 1. The van der Waals surface area contributed by atoms with E-state index in [4.69, 9.17) is 10.7 Å². The first-order valence-corrected chi connectivity index (χ1v) is 9.09. The van der Waals surface area contributed by atoms with Crippen molar-refractivity contribution in [1.82, 2.24) is 19.9 Å². The van der Waals surface area contributed by atoms with Crippen molar-refractivity contribution in [2.45, 2.75) is 38.8 Å². The lowest BCUT2D eigenvalue weighted by molar-refractivity contribution is 0.243. The fourth-order valence-electron chi connectivity index (χ4n) is 3.26. The van der Waals surface area contributed by atoms with Crippen LogP contribution in [0.2, 0.25) is 0 Å². The highest BCUT2D eigenvalue weighted by atomic mass is 32.1. The molecule has 2 aromatic heterocycles. The predicted molar refractivity (Wildman–Crippen MR) is 94.5 cm³/mol. The monoisotopic (exact) mass is 344 g/mol. The summed E-state index contributed by atoms with van der Waals surface area (Å²) in [5.41, 5.74) is 8.30. The fourth-order valence-corrected chi connectivity index (χ4v) is 3.99. The minimum absolute atomic E-state index is 0.0307. The number of aliphatic imine (C=N–C) groups is 1. The third-order valence-corrected chi connectivity index (χ3v) is 5.31. The number of aromatic nitrogens is 3. The number of hydrogen-bond donors (Lipinski definition) is 2. The van der Waals surface area contributed by atoms with Crippen LogP contribution in [0.1, 0.15) is 41.2 Å². The lowest BCUT2D eigenvalue weighted by atomic mass is 10.1. The Bertz CT molecular complexity index is 839. The average Bonchev–Trinajstić information content (AvgIpc) is 3.01. The quantitative estimate of drug-likeness (QED) is 0.875. The summed E-state index contributed by atoms with van der Waals surface area (Å²) in [6.07, 6.45) is 5.73. The summed E-state index contributed by atoms with van der Waals surface area (Å²) < 4.78 is 0. The first-order valence-electron chi connectivity index (χ1n) is 8.27. The van der Waals surface area contributed by atoms with Crippen LogP contribution in [0.5, 0.6) is 0 Å². The number of aromatic amines is 1. The predicted octanol–water partition coefficient (Wildman–Crippen LogP) is 1.34. The second-order valence-electron chi connectivity index (χ2n) is 6.25. The van der Waals surface area contributed by atoms with Gasteiger partial charge in [-0.25, -0.2) is 9.97 Å². The summed E-state index contributed by atoms with van der Waals surface area (Å²) >= 11 is 1.50. The SMILES string of the molecule is Nc1ncc(CN2CCc3nc(C4=NCCCC4)[nH]c(=O)c3C2)s1. The molecule has 2 aliphatic heterocycles. The van der Waals surface area contributed by atoms with E-state index in [0.717, 1.165) is 67.2 Å². The minimum Gasteiger partial charge on any atom is -0.375 e. The van der Waals surface area contributed by atoms with Gasteiger partial charge in [0, 0.05) is 43.7 Å². The minimum atomic E-state index is -0.0307. The Balaban J connectivity index is 1.56. The molecule has 0 atom stereocenters. The van der Waals surface area contributed by atoms with Gasteiger partial charge in [0.25, 0.3) is 5.56 Å². The smallest absolute Gasteiger partial charge is 0.255 e. The summed E-state index contributed by atoms with van der Waals surface area (Å²) in [6, 6.07) is 0. The Hall–Kier alpha value is -2.06. The van der Waals surface area contributed by atoms with Crippen molar-refractivity contribution in [3.63, 3.8) is 0 Å². The van der Waals surface area contributed by atoms with Crippen molar-refractivity contribution >= 4 is 22.2 Å². The van der Waals surface area contributed by atoms with Gasteiger partial charge < -0.3 is 10.7 Å². The van der Waals surface area contributed by atoms with E-state index >= 15 is 0 Å². The highest BCUT2D eigenvalue weighted by Crippen LogP contribution is 2.21. The van der Waals surface area contributed by atoms with E-state index in [0.29, 0.717) is 17.5 Å². The molecular formula is C16H20N6OS. The molecule has 0 aromatic carbocycles. The van der Waals surface area contributed by atoms with Crippen molar-refractivity contribution in [3.8, 4) is 0 Å². The molecule has 7 nitrogen and oxygen atoms in total. The summed E-state index contributed by atoms with van der Waals surface area (Å²) in [4.78, 5) is 32.1. The van der Waals surface area contributed by atoms with Crippen molar-refractivity contribution in [1.29, 1.82) is 0 Å². The number of thiazole rings is 1. The number of nitrogens with zero attached hydrogens (tertiary/aromatic N) is 4. The van der Waals surface area contributed by atoms with E-state index < -0.39 is 0 Å². The topological polar surface area (TPSA) is 100 Å². The largest absolute Gasteiger partial charge is 0.375 e. The molecule has 4 rings (SSSR count). The van der Waals surface area contributed by atoms with Crippen LogP contribution in [0.4, 0.5) is 5.13 Å². The number of fused-ring (bicyclic) bond motifs is 1. The molecule has 2 aliphatic rings. The normalized spacial score (nSPS) is 18.2. The molecule has 0 fully saturated rings. The van der Waals surface area contributed by atoms with Crippen molar-refractivity contribution in [2.24, 2.45) is 4.99 Å². The summed E-state index contributed by atoms with van der Waals surface area (Å²) in [7, 11) is 0. The van der Waals surface area contributed by atoms with E-state index in [1.165, 1.54) is 11.3 Å². The zero-order valence-electron chi connectivity index (χ0n) is 13.4. The van der Waals surface area contributed by atoms with Crippen LogP contribution in [0, 0.1) is 0 Å². The zero-order chi connectivity index (χ0) is 16.5. The molecule has 0 amide bonds. The van der Waals surface area contributed by atoms with Gasteiger partial charge in [-0.3, -0.25) is 14.7 Å². The fraction of sp³-hybridized carbons (Fsp3) is 0.500. The van der Waals surface area contributed by atoms with Gasteiger partial charge in [-0.1, -0.05) is 0 Å². The molecular weight excluding hydrogens is 324 g/mol. The van der Waals surface area contributed by atoms with Gasteiger partial charge in [-0.15, -0.1) is 11.3 Å². The third-order valence-electron chi connectivity index (χ3n) is 4.50. The van der Waals surface area contributed by atoms with E-state index in [9.17, 15) is 4.79 Å². The Morgan fingerprint density at radius 1 is 1.33 bits per heavy atom. The van der Waals surface area contributed by atoms with Crippen LogP contribution < -0.4 is 11.3 Å². The van der Waals surface area contributed by atoms with Crippen LogP contribution >= 0.6 is 11.3 Å². The van der Waals surface area contributed by atoms with E-state index in [1.807, 2.05) is 6.20 Å². The van der Waals surface area contributed by atoms with E-state index in [1.54, 1.807) is 0 Å². The van der Waals surface area contributed by atoms with Gasteiger partial charge in [0.2, 0.25) is 0 Å². The van der Waals surface area contributed by atoms with Gasteiger partial charge in [-0.05, 0) is 19.3 Å². The van der Waals surface area contributed by atoms with Crippen LogP contribution in [-0.4, -0.2) is 38.7 Å². The van der Waals surface area contributed by atoms with Gasteiger partial charge in [0.15, 0.2) is 11.0 Å². The summed E-state index contributed by atoms with van der Waals surface area (Å²) in [6.45, 7) is 3.10. The number of anilines is 1. The molecule has 24 heavy (non-hydrogen) atoms. The summed E-state index contributed by atoms with van der Waals surface area (Å²) in [5.74, 6) is 0.669.